The van der Waals surface area contributed by atoms with Gasteiger partial charge in [-0.05, 0) is 99.1 Å². The summed E-state index contributed by atoms with van der Waals surface area (Å²) in [5.41, 5.74) is 11.8. The molecule has 266 valence electrons. The van der Waals surface area contributed by atoms with E-state index in [4.69, 9.17) is 14.5 Å². The van der Waals surface area contributed by atoms with Gasteiger partial charge in [-0.3, -0.25) is 4.98 Å². The number of rotatable bonds is 10. The lowest BCUT2D eigenvalue weighted by Crippen LogP contribution is -1.94. The molecule has 0 unspecified atom stereocenters. The molecule has 5 nitrogen and oxygen atoms in total. The second-order valence-corrected chi connectivity index (χ2v) is 13.6. The van der Waals surface area contributed by atoms with Gasteiger partial charge >= 0.3 is 6.01 Å². The molecule has 1 aliphatic rings. The number of aromatic nitrogens is 1. The molecule has 56 heavy (non-hydrogen) atoms. The summed E-state index contributed by atoms with van der Waals surface area (Å²) in [6.45, 7) is 0. The van der Waals surface area contributed by atoms with Crippen LogP contribution in [-0.2, 0) is 0 Å². The highest BCUT2D eigenvalue weighted by molar-refractivity contribution is 5.94. The Morgan fingerprint density at radius 2 is 0.929 bits per heavy atom. The summed E-state index contributed by atoms with van der Waals surface area (Å²) in [4.78, 5) is 4.73. The van der Waals surface area contributed by atoms with Crippen molar-refractivity contribution in [1.82, 2.24) is 4.98 Å². The van der Waals surface area contributed by atoms with E-state index in [-0.39, 0.29) is 0 Å². The molecule has 0 bridgehead atoms. The van der Waals surface area contributed by atoms with Crippen molar-refractivity contribution in [1.29, 1.82) is 0 Å². The van der Waals surface area contributed by atoms with Crippen LogP contribution in [0.5, 0.6) is 23.0 Å². The second-order valence-electron chi connectivity index (χ2n) is 13.6. The first-order valence-electron chi connectivity index (χ1n) is 18.6. The highest BCUT2D eigenvalue weighted by Gasteiger charge is 2.18. The first kappa shape index (κ1) is 34.2. The topological polar surface area (TPSA) is 37.4 Å². The van der Waals surface area contributed by atoms with E-state index >= 15 is 0 Å². The molecule has 0 spiro atoms. The van der Waals surface area contributed by atoms with Crippen molar-refractivity contribution in [3.05, 3.63) is 207 Å². The number of ether oxygens (including phenoxy) is 2. The van der Waals surface area contributed by atoms with E-state index in [0.717, 1.165) is 56.6 Å². The van der Waals surface area contributed by atoms with Gasteiger partial charge in [0.05, 0.1) is 11.8 Å². The number of hydrogen-bond acceptors (Lipinski definition) is 3. The summed E-state index contributed by atoms with van der Waals surface area (Å²) in [6.07, 6.45) is 5.77. The molecule has 0 atom stereocenters. The third-order valence-electron chi connectivity index (χ3n) is 9.69. The highest BCUT2D eigenvalue weighted by Crippen LogP contribution is 2.41. The normalized spacial score (nSPS) is 11.9. The molecule has 9 rings (SSSR count). The Labute approximate surface area is 326 Å². The molecule has 0 aliphatic carbocycles. The predicted molar refractivity (Wildman–Crippen MR) is 225 cm³/mol. The summed E-state index contributed by atoms with van der Waals surface area (Å²) in [5.74, 6) is 2.99. The molecule has 0 saturated carbocycles. The van der Waals surface area contributed by atoms with Gasteiger partial charge in [-0.2, -0.15) is 0 Å². The third-order valence-corrected chi connectivity index (χ3v) is 9.69. The van der Waals surface area contributed by atoms with Crippen LogP contribution in [0.3, 0.4) is 0 Å². The van der Waals surface area contributed by atoms with Gasteiger partial charge in [0.25, 0.3) is 6.20 Å². The number of hydrogen-bond donors (Lipinski definition) is 0. The van der Waals surface area contributed by atoms with Gasteiger partial charge in [0, 0.05) is 17.8 Å². The first-order valence-corrected chi connectivity index (χ1v) is 18.6. The van der Waals surface area contributed by atoms with Crippen molar-refractivity contribution >= 4 is 11.7 Å². The molecule has 0 amide bonds. The molecule has 2 heterocycles. The molecule has 1 aliphatic heterocycles. The maximum atomic E-state index is 6.58. The van der Waals surface area contributed by atoms with E-state index in [2.05, 4.69) is 127 Å². The molecule has 7 aromatic carbocycles. The standard InChI is InChI=1S/C51H37N3O2/c1-53-29-30-54(36-53)43-20-11-24-47(35-43)56-45-22-9-18-41(32-45)50-34-40(27-28-52-50)39-17-8-21-44(31-39)55-46-23-10-19-42(33-46)51-48(37-13-4-2-5-14-37)25-12-26-49(51)38-15-6-3-7-16-38/h2-35H,1H3/q+2. The van der Waals surface area contributed by atoms with E-state index in [0.29, 0.717) is 0 Å². The van der Waals surface area contributed by atoms with Crippen LogP contribution in [0, 0.1) is 0 Å². The van der Waals surface area contributed by atoms with E-state index in [1.54, 1.807) is 0 Å². The zero-order chi connectivity index (χ0) is 37.7. The zero-order valence-corrected chi connectivity index (χ0v) is 30.8. The van der Waals surface area contributed by atoms with E-state index in [9.17, 15) is 0 Å². The van der Waals surface area contributed by atoms with Crippen LogP contribution in [0.25, 0.3) is 55.8 Å². The molecule has 0 fully saturated rings. The van der Waals surface area contributed by atoms with Crippen molar-refractivity contribution in [3.63, 3.8) is 0 Å². The number of nitrogens with zero attached hydrogens (tertiary/aromatic N) is 3. The van der Waals surface area contributed by atoms with Crippen molar-refractivity contribution in [2.75, 3.05) is 7.05 Å². The van der Waals surface area contributed by atoms with Crippen molar-refractivity contribution in [2.45, 2.75) is 0 Å². The molecular formula is C51H37N3O2+2. The maximum absolute atomic E-state index is 6.58. The van der Waals surface area contributed by atoms with Gasteiger partial charge in [-0.25, -0.2) is 0 Å². The summed E-state index contributed by atoms with van der Waals surface area (Å²) < 4.78 is 16.7. The Kier molecular flexibility index (Phi) is 9.41. The summed E-state index contributed by atoms with van der Waals surface area (Å²) in [7, 11) is 1.95. The van der Waals surface area contributed by atoms with Crippen LogP contribution in [0.15, 0.2) is 207 Å². The minimum Gasteiger partial charge on any atom is -0.457 e. The fraction of sp³-hybridized carbons (Fsp3) is 0.0196. The SMILES string of the molecule is C[N+]1=C=[N+](c2cccc(Oc3cccc(-c4cc(-c5cccc(Oc6cccc(-c7c(-c8ccccc8)cccc7-c7ccccc7)c6)c5)ccn4)c3)c2)C=C1. The van der Waals surface area contributed by atoms with Crippen molar-refractivity contribution in [2.24, 2.45) is 0 Å². The first-order chi connectivity index (χ1) is 27.6. The molecule has 5 heteroatoms. The lowest BCUT2D eigenvalue weighted by Gasteiger charge is -2.17. The van der Waals surface area contributed by atoms with Gasteiger partial charge < -0.3 is 9.47 Å². The van der Waals surface area contributed by atoms with Gasteiger partial charge in [-0.1, -0.05) is 130 Å². The Balaban J connectivity index is 0.979. The molecule has 0 saturated heterocycles. The molecule has 8 aromatic rings. The molecule has 1 aromatic heterocycles. The maximum Gasteiger partial charge on any atom is 0.495 e. The average Bonchev–Trinajstić information content (AvgIpc) is 3.70. The highest BCUT2D eigenvalue weighted by atomic mass is 16.5. The van der Waals surface area contributed by atoms with Crippen LogP contribution in [-0.4, -0.2) is 27.2 Å². The van der Waals surface area contributed by atoms with Gasteiger partial charge in [0.15, 0.2) is 7.05 Å². The van der Waals surface area contributed by atoms with Crippen molar-refractivity contribution < 1.29 is 18.6 Å². The Hall–Kier alpha value is -7.59. The summed E-state index contributed by atoms with van der Waals surface area (Å²) in [6, 6.07) is 67.6. The van der Waals surface area contributed by atoms with Crippen LogP contribution < -0.4 is 9.47 Å². The fourth-order valence-corrected chi connectivity index (χ4v) is 7.04. The molecule has 0 N–H and O–H groups in total. The fourth-order valence-electron chi connectivity index (χ4n) is 7.04. The lowest BCUT2D eigenvalue weighted by atomic mass is 9.87. The van der Waals surface area contributed by atoms with Crippen LogP contribution in [0.2, 0.25) is 0 Å². The smallest absolute Gasteiger partial charge is 0.457 e. The van der Waals surface area contributed by atoms with E-state index in [1.165, 1.54) is 27.8 Å². The van der Waals surface area contributed by atoms with Crippen LogP contribution >= 0.6 is 0 Å². The Morgan fingerprint density at radius 1 is 0.429 bits per heavy atom. The quantitative estimate of drug-likeness (QED) is 0.132. The van der Waals surface area contributed by atoms with E-state index in [1.807, 2.05) is 102 Å². The van der Waals surface area contributed by atoms with Crippen molar-refractivity contribution in [3.8, 4) is 78.8 Å². The van der Waals surface area contributed by atoms with Gasteiger partial charge in [0.2, 0.25) is 11.9 Å². The zero-order valence-electron chi connectivity index (χ0n) is 30.8. The Morgan fingerprint density at radius 3 is 1.55 bits per heavy atom. The third kappa shape index (κ3) is 7.44. The summed E-state index contributed by atoms with van der Waals surface area (Å²) >= 11 is 0. The minimum atomic E-state index is 0.730. The molecule has 0 radical (unpaired) electrons. The van der Waals surface area contributed by atoms with E-state index < -0.39 is 0 Å². The molecular weight excluding hydrogens is 687 g/mol. The largest absolute Gasteiger partial charge is 0.495 e. The van der Waals surface area contributed by atoms with Gasteiger partial charge in [0.1, 0.15) is 23.0 Å². The van der Waals surface area contributed by atoms with Crippen LogP contribution in [0.4, 0.5) is 5.69 Å². The summed E-state index contributed by atoms with van der Waals surface area (Å²) in [5, 5.41) is 0. The lowest BCUT2D eigenvalue weighted by molar-refractivity contribution is -0.429. The predicted octanol–water partition coefficient (Wildman–Crippen LogP) is 12.9. The monoisotopic (exact) mass is 723 g/mol. The number of pyridine rings is 1. The second kappa shape index (κ2) is 15.4. The van der Waals surface area contributed by atoms with Gasteiger partial charge in [-0.15, -0.1) is 0 Å². The van der Waals surface area contributed by atoms with Crippen LogP contribution in [0.1, 0.15) is 0 Å². The average molecular weight is 724 g/mol. The number of benzene rings is 7. The minimum absolute atomic E-state index is 0.730. The Bertz CT molecular complexity index is 2740.